The van der Waals surface area contributed by atoms with Crippen molar-refractivity contribution in [3.8, 4) is 5.75 Å². The molecule has 0 amide bonds. The summed E-state index contributed by atoms with van der Waals surface area (Å²) < 4.78 is 0. The number of benzene rings is 1. The van der Waals surface area contributed by atoms with Crippen LogP contribution in [0.4, 0.5) is 0 Å². The van der Waals surface area contributed by atoms with Crippen LogP contribution in [0, 0.1) is 11.8 Å². The Balaban J connectivity index is 0.00000156. The van der Waals surface area contributed by atoms with Gasteiger partial charge in [0.15, 0.2) is 0 Å². The van der Waals surface area contributed by atoms with Gasteiger partial charge in [-0.25, -0.2) is 0 Å². The van der Waals surface area contributed by atoms with Crippen molar-refractivity contribution in [2.45, 2.75) is 69.2 Å². The molecule has 1 heterocycles. The van der Waals surface area contributed by atoms with Crippen LogP contribution < -0.4 is 22.3 Å². The largest absolute Gasteiger partial charge is 1.00 e. The third-order valence-electron chi connectivity index (χ3n) is 6.25. The Hall–Kier alpha value is -0.670. The zero-order valence-corrected chi connectivity index (χ0v) is 15.4. The molecule has 0 aromatic heterocycles. The average molecular weight is 378 g/mol. The first kappa shape index (κ1) is 17.2. The molecule has 0 spiro atoms. The molecule has 0 radical (unpaired) electrons. The number of aromatic hydroxyl groups is 1. The molecule has 3 heteroatoms. The maximum absolute atomic E-state index is 9.95. The number of fused-ring (bicyclic) bond motifs is 1. The van der Waals surface area contributed by atoms with Crippen molar-refractivity contribution in [1.29, 1.82) is 0 Å². The summed E-state index contributed by atoms with van der Waals surface area (Å²) in [6.07, 6.45) is 12.0. The Morgan fingerprint density at radius 3 is 2.83 bits per heavy atom. The fraction of sp³-hybridized carbons (Fsp3) is 0.650. The molecule has 0 bridgehead atoms. The first-order chi connectivity index (χ1) is 10.8. The highest BCUT2D eigenvalue weighted by molar-refractivity contribution is 5.36. The predicted octanol–water partition coefficient (Wildman–Crippen LogP) is 1.33. The molecule has 0 unspecified atom stereocenters. The van der Waals surface area contributed by atoms with Gasteiger partial charge in [-0.1, -0.05) is 25.0 Å². The monoisotopic (exact) mass is 377 g/mol. The summed E-state index contributed by atoms with van der Waals surface area (Å²) >= 11 is 0. The SMILES string of the molecule is Oc1cccc([C@@]23CCCC[C@H]2NC[C+](CC2CC2)CC3)c1.[Br-]. The molecule has 1 aliphatic heterocycles. The van der Waals surface area contributed by atoms with E-state index in [1.165, 1.54) is 63.4 Å². The number of rotatable bonds is 3. The Morgan fingerprint density at radius 1 is 1.17 bits per heavy atom. The minimum Gasteiger partial charge on any atom is -1.00 e. The van der Waals surface area contributed by atoms with Crippen molar-refractivity contribution in [3.05, 3.63) is 35.7 Å². The van der Waals surface area contributed by atoms with Gasteiger partial charge < -0.3 is 22.1 Å². The minimum atomic E-state index is 0. The summed E-state index contributed by atoms with van der Waals surface area (Å²) in [5.74, 6) is 3.16. The van der Waals surface area contributed by atoms with E-state index in [1.54, 1.807) is 12.0 Å². The number of hydrogen-bond donors (Lipinski definition) is 2. The number of phenols is 1. The first-order valence-corrected chi connectivity index (χ1v) is 9.13. The van der Waals surface area contributed by atoms with Crippen LogP contribution >= 0.6 is 0 Å². The summed E-state index contributed by atoms with van der Waals surface area (Å²) in [6.45, 7) is 1.13. The van der Waals surface area contributed by atoms with Gasteiger partial charge in [-0.2, -0.15) is 0 Å². The maximum Gasteiger partial charge on any atom is 0.141 e. The normalized spacial score (nSPS) is 31.0. The van der Waals surface area contributed by atoms with Gasteiger partial charge in [0.25, 0.3) is 0 Å². The Labute approximate surface area is 150 Å². The highest BCUT2D eigenvalue weighted by atomic mass is 79.9. The zero-order valence-electron chi connectivity index (χ0n) is 13.9. The lowest BCUT2D eigenvalue weighted by Crippen LogP contribution is -3.00. The minimum absolute atomic E-state index is 0. The molecule has 23 heavy (non-hydrogen) atoms. The number of halogens is 1. The van der Waals surface area contributed by atoms with Crippen molar-refractivity contribution >= 4 is 0 Å². The third kappa shape index (κ3) is 3.56. The van der Waals surface area contributed by atoms with Gasteiger partial charge in [-0.3, -0.25) is 5.32 Å². The van der Waals surface area contributed by atoms with Gasteiger partial charge in [-0.05, 0) is 55.7 Å². The van der Waals surface area contributed by atoms with Crippen molar-refractivity contribution in [3.63, 3.8) is 0 Å². The van der Waals surface area contributed by atoms with Crippen LogP contribution in [0.15, 0.2) is 24.3 Å². The van der Waals surface area contributed by atoms with E-state index >= 15 is 0 Å². The smallest absolute Gasteiger partial charge is 0.141 e. The molecule has 2 N–H and O–H groups in total. The molecule has 2 aliphatic carbocycles. The maximum atomic E-state index is 9.95. The van der Waals surface area contributed by atoms with E-state index in [0.29, 0.717) is 11.8 Å². The molecule has 4 rings (SSSR count). The number of hydrogen-bond acceptors (Lipinski definition) is 2. The molecular formula is C20H28BrNO. The van der Waals surface area contributed by atoms with Crippen molar-refractivity contribution in [2.24, 2.45) is 5.92 Å². The van der Waals surface area contributed by atoms with Crippen LogP contribution in [0.1, 0.15) is 63.4 Å². The molecule has 2 atom stereocenters. The summed E-state index contributed by atoms with van der Waals surface area (Å²) in [7, 11) is 0. The standard InChI is InChI=1S/C20H27NO.BrH/c22-18-5-3-4-17(13-18)20-10-2-1-6-19(20)21-14-16(9-11-20)12-15-7-8-15;/h3-5,13,15,19,21H,1-2,6-12,14H2;1H/t19-,20+;/m1./s1. The molecule has 3 fully saturated rings. The highest BCUT2D eigenvalue weighted by Crippen LogP contribution is 2.47. The van der Waals surface area contributed by atoms with E-state index in [0.717, 1.165) is 12.5 Å². The van der Waals surface area contributed by atoms with E-state index in [1.807, 2.05) is 12.1 Å². The molecule has 1 saturated heterocycles. The van der Waals surface area contributed by atoms with E-state index in [9.17, 15) is 5.11 Å². The van der Waals surface area contributed by atoms with Crippen LogP contribution in [0.2, 0.25) is 0 Å². The number of nitrogens with one attached hydrogen (secondary N) is 1. The zero-order chi connectivity index (χ0) is 15.0. The predicted molar refractivity (Wildman–Crippen MR) is 89.9 cm³/mol. The highest BCUT2D eigenvalue weighted by Gasteiger charge is 2.47. The summed E-state index contributed by atoms with van der Waals surface area (Å²) in [5, 5.41) is 13.9. The lowest BCUT2D eigenvalue weighted by Gasteiger charge is -2.43. The molecular weight excluding hydrogens is 350 g/mol. The van der Waals surface area contributed by atoms with Crippen LogP contribution in [-0.2, 0) is 5.41 Å². The van der Waals surface area contributed by atoms with Crippen LogP contribution in [0.25, 0.3) is 0 Å². The second kappa shape index (κ2) is 7.06. The Kier molecular flexibility index (Phi) is 5.27. The molecule has 3 aliphatic rings. The average Bonchev–Trinajstić information content (AvgIpc) is 3.36. The molecule has 1 aromatic rings. The van der Waals surface area contributed by atoms with Crippen LogP contribution in [-0.4, -0.2) is 17.7 Å². The lowest BCUT2D eigenvalue weighted by molar-refractivity contribution is -0.00000567. The van der Waals surface area contributed by atoms with Crippen molar-refractivity contribution in [1.82, 2.24) is 5.32 Å². The summed E-state index contributed by atoms with van der Waals surface area (Å²) in [5.41, 5.74) is 1.60. The topological polar surface area (TPSA) is 32.3 Å². The van der Waals surface area contributed by atoms with Gasteiger partial charge in [0, 0.05) is 11.5 Å². The van der Waals surface area contributed by atoms with E-state index in [2.05, 4.69) is 11.4 Å². The van der Waals surface area contributed by atoms with E-state index in [-0.39, 0.29) is 22.4 Å². The molecule has 2 saturated carbocycles. The van der Waals surface area contributed by atoms with Gasteiger partial charge in [0.05, 0.1) is 12.8 Å². The van der Waals surface area contributed by atoms with E-state index in [4.69, 9.17) is 0 Å². The van der Waals surface area contributed by atoms with Gasteiger partial charge in [0.2, 0.25) is 0 Å². The van der Waals surface area contributed by atoms with Crippen molar-refractivity contribution in [2.75, 3.05) is 6.54 Å². The number of phenolic OH excluding ortho intramolecular Hbond substituents is 1. The van der Waals surface area contributed by atoms with Crippen LogP contribution in [0.3, 0.4) is 0 Å². The Morgan fingerprint density at radius 2 is 2.04 bits per heavy atom. The van der Waals surface area contributed by atoms with Gasteiger partial charge in [-0.15, -0.1) is 0 Å². The lowest BCUT2D eigenvalue weighted by atomic mass is 9.63. The van der Waals surface area contributed by atoms with Gasteiger partial charge in [0.1, 0.15) is 18.2 Å². The van der Waals surface area contributed by atoms with Crippen LogP contribution in [0.5, 0.6) is 5.75 Å². The molecule has 1 aromatic carbocycles. The first-order valence-electron chi connectivity index (χ1n) is 9.13. The fourth-order valence-electron chi connectivity index (χ4n) is 4.80. The van der Waals surface area contributed by atoms with Crippen molar-refractivity contribution < 1.29 is 22.1 Å². The Bertz CT molecular complexity index is 530. The second-order valence-electron chi connectivity index (χ2n) is 7.78. The second-order valence-corrected chi connectivity index (χ2v) is 7.78. The van der Waals surface area contributed by atoms with Gasteiger partial charge >= 0.3 is 0 Å². The molecule has 126 valence electrons. The quantitative estimate of drug-likeness (QED) is 0.778. The third-order valence-corrected chi connectivity index (χ3v) is 6.25. The van der Waals surface area contributed by atoms with E-state index < -0.39 is 0 Å². The molecule has 2 nitrogen and oxygen atoms in total. The summed E-state index contributed by atoms with van der Waals surface area (Å²) in [4.78, 5) is 0. The summed E-state index contributed by atoms with van der Waals surface area (Å²) in [6, 6.07) is 8.66. The fourth-order valence-corrected chi connectivity index (χ4v) is 4.80.